The van der Waals surface area contributed by atoms with Crippen LogP contribution in [0.15, 0.2) is 30.7 Å². The van der Waals surface area contributed by atoms with Gasteiger partial charge in [0.15, 0.2) is 0 Å². The standard InChI is InChI=1S/C29H40N4O3S/c1-28(2,3)21-14-20(15-22(26(21)36-7)29(4,5)6)27-31-16-23(37-27)19-8-11-32(12-9-19)25(35)17-33-13-10-30-24(33)18-34/h10,13-16,19,34H,8-9,11-12,17-18H2,1-7H3. The Hall–Kier alpha value is -2.71. The van der Waals surface area contributed by atoms with E-state index in [1.54, 1.807) is 35.4 Å². The van der Waals surface area contributed by atoms with Crippen LogP contribution in [0, 0.1) is 0 Å². The number of aliphatic hydroxyl groups is 1. The van der Waals surface area contributed by atoms with Crippen molar-refractivity contribution >= 4 is 17.2 Å². The second-order valence-corrected chi connectivity index (χ2v) is 13.0. The quantitative estimate of drug-likeness (QED) is 0.460. The molecular weight excluding hydrogens is 484 g/mol. The van der Waals surface area contributed by atoms with Gasteiger partial charge in [-0.2, -0.15) is 0 Å². The summed E-state index contributed by atoms with van der Waals surface area (Å²) in [6, 6.07) is 4.49. The third-order valence-electron chi connectivity index (χ3n) is 7.18. The number of ether oxygens (including phenoxy) is 1. The second-order valence-electron chi connectivity index (χ2n) is 12.0. The van der Waals surface area contributed by atoms with Gasteiger partial charge in [-0.25, -0.2) is 9.97 Å². The Balaban J connectivity index is 1.51. The summed E-state index contributed by atoms with van der Waals surface area (Å²) < 4.78 is 7.65. The predicted octanol–water partition coefficient (Wildman–Crippen LogP) is 5.51. The molecule has 0 atom stereocenters. The fraction of sp³-hybridized carbons (Fsp3) is 0.552. The first-order chi connectivity index (χ1) is 17.4. The van der Waals surface area contributed by atoms with E-state index in [-0.39, 0.29) is 29.9 Å². The van der Waals surface area contributed by atoms with Gasteiger partial charge in [0, 0.05) is 53.2 Å². The molecule has 7 nitrogen and oxygen atoms in total. The van der Waals surface area contributed by atoms with E-state index in [0.29, 0.717) is 11.7 Å². The molecule has 4 rings (SSSR count). The van der Waals surface area contributed by atoms with Gasteiger partial charge in [-0.1, -0.05) is 41.5 Å². The van der Waals surface area contributed by atoms with Crippen LogP contribution in [-0.2, 0) is 28.8 Å². The molecule has 0 saturated carbocycles. The third-order valence-corrected chi connectivity index (χ3v) is 8.39. The summed E-state index contributed by atoms with van der Waals surface area (Å²) in [6.45, 7) is 14.8. The zero-order valence-electron chi connectivity index (χ0n) is 23.2. The number of amides is 1. The van der Waals surface area contributed by atoms with E-state index in [1.807, 2.05) is 11.1 Å². The Bertz CT molecular complexity index is 1210. The third kappa shape index (κ3) is 5.91. The fourth-order valence-corrected chi connectivity index (χ4v) is 6.06. The molecule has 0 radical (unpaired) electrons. The van der Waals surface area contributed by atoms with Crippen LogP contribution >= 0.6 is 11.3 Å². The van der Waals surface area contributed by atoms with E-state index < -0.39 is 0 Å². The SMILES string of the molecule is COc1c(C(C)(C)C)cc(-c2ncc(C3CCN(C(=O)Cn4ccnc4CO)CC3)s2)cc1C(C)(C)C. The number of likely N-dealkylation sites (tertiary alicyclic amines) is 1. The van der Waals surface area contributed by atoms with Crippen molar-refractivity contribution in [3.05, 3.63) is 52.6 Å². The molecule has 200 valence electrons. The van der Waals surface area contributed by atoms with Gasteiger partial charge in [-0.15, -0.1) is 11.3 Å². The van der Waals surface area contributed by atoms with E-state index >= 15 is 0 Å². The highest BCUT2D eigenvalue weighted by molar-refractivity contribution is 7.15. The average Bonchev–Trinajstić information content (AvgIpc) is 3.52. The van der Waals surface area contributed by atoms with Crippen molar-refractivity contribution in [3.63, 3.8) is 0 Å². The maximum atomic E-state index is 12.8. The van der Waals surface area contributed by atoms with Crippen LogP contribution in [0.2, 0.25) is 0 Å². The van der Waals surface area contributed by atoms with Crippen molar-refractivity contribution in [1.29, 1.82) is 0 Å². The van der Waals surface area contributed by atoms with Crippen LogP contribution < -0.4 is 4.74 Å². The van der Waals surface area contributed by atoms with E-state index in [9.17, 15) is 9.90 Å². The molecule has 1 fully saturated rings. The number of aromatic nitrogens is 3. The molecule has 1 aliphatic heterocycles. The Kier molecular flexibility index (Phi) is 7.81. The molecule has 1 amide bonds. The van der Waals surface area contributed by atoms with Crippen molar-refractivity contribution in [2.75, 3.05) is 20.2 Å². The molecule has 0 spiro atoms. The summed E-state index contributed by atoms with van der Waals surface area (Å²) >= 11 is 1.77. The van der Waals surface area contributed by atoms with Crippen LogP contribution in [0.5, 0.6) is 5.75 Å². The molecular formula is C29H40N4O3S. The minimum absolute atomic E-state index is 0.0601. The molecule has 0 unspecified atom stereocenters. The first-order valence-electron chi connectivity index (χ1n) is 13.0. The van der Waals surface area contributed by atoms with E-state index in [4.69, 9.17) is 9.72 Å². The topological polar surface area (TPSA) is 80.5 Å². The van der Waals surface area contributed by atoms with Crippen LogP contribution in [0.25, 0.3) is 10.6 Å². The summed E-state index contributed by atoms with van der Waals surface area (Å²) in [7, 11) is 1.76. The number of rotatable bonds is 6. The van der Waals surface area contributed by atoms with Gasteiger partial charge in [0.2, 0.25) is 5.91 Å². The number of carbonyl (C=O) groups excluding carboxylic acids is 1. The minimum atomic E-state index is -0.168. The summed E-state index contributed by atoms with van der Waals surface area (Å²) in [6.07, 6.45) is 7.23. The highest BCUT2D eigenvalue weighted by atomic mass is 32.1. The maximum Gasteiger partial charge on any atom is 0.242 e. The van der Waals surface area contributed by atoms with E-state index in [0.717, 1.165) is 42.3 Å². The Morgan fingerprint density at radius 3 is 2.24 bits per heavy atom. The number of carbonyl (C=O) groups is 1. The maximum absolute atomic E-state index is 12.8. The number of methoxy groups -OCH3 is 1. The average molecular weight is 525 g/mol. The molecule has 37 heavy (non-hydrogen) atoms. The molecule has 1 aliphatic rings. The monoisotopic (exact) mass is 524 g/mol. The Morgan fingerprint density at radius 2 is 1.70 bits per heavy atom. The summed E-state index contributed by atoms with van der Waals surface area (Å²) in [5, 5.41) is 10.4. The van der Waals surface area contributed by atoms with Crippen LogP contribution in [-0.4, -0.2) is 50.6 Å². The highest BCUT2D eigenvalue weighted by Crippen LogP contribution is 2.44. The zero-order valence-corrected chi connectivity index (χ0v) is 24.0. The lowest BCUT2D eigenvalue weighted by atomic mass is 9.78. The van der Waals surface area contributed by atoms with E-state index in [1.165, 1.54) is 16.0 Å². The Labute approximate surface area is 224 Å². The largest absolute Gasteiger partial charge is 0.496 e. The zero-order chi connectivity index (χ0) is 27.0. The number of thiazole rings is 1. The smallest absolute Gasteiger partial charge is 0.242 e. The van der Waals surface area contributed by atoms with Crippen molar-refractivity contribution in [3.8, 4) is 16.3 Å². The molecule has 1 saturated heterocycles. The molecule has 0 aliphatic carbocycles. The molecule has 1 aromatic carbocycles. The lowest BCUT2D eigenvalue weighted by Gasteiger charge is -2.31. The van der Waals surface area contributed by atoms with Crippen molar-refractivity contribution in [2.45, 2.75) is 84.3 Å². The van der Waals surface area contributed by atoms with Gasteiger partial charge in [0.1, 0.15) is 29.7 Å². The number of imidazole rings is 1. The molecule has 1 N–H and O–H groups in total. The van der Waals surface area contributed by atoms with Gasteiger partial charge in [-0.3, -0.25) is 4.79 Å². The van der Waals surface area contributed by atoms with Gasteiger partial charge in [0.25, 0.3) is 0 Å². The number of hydrogen-bond acceptors (Lipinski definition) is 6. The molecule has 2 aromatic heterocycles. The number of benzene rings is 1. The first kappa shape index (κ1) is 27.3. The molecule has 0 bridgehead atoms. The van der Waals surface area contributed by atoms with Crippen LogP contribution in [0.3, 0.4) is 0 Å². The van der Waals surface area contributed by atoms with Gasteiger partial charge >= 0.3 is 0 Å². The number of nitrogens with zero attached hydrogens (tertiary/aromatic N) is 4. The second kappa shape index (κ2) is 10.6. The highest BCUT2D eigenvalue weighted by Gasteiger charge is 2.29. The van der Waals surface area contributed by atoms with Crippen LogP contribution in [0.4, 0.5) is 0 Å². The normalized spacial score (nSPS) is 15.3. The van der Waals surface area contributed by atoms with Crippen LogP contribution in [0.1, 0.15) is 82.1 Å². The van der Waals surface area contributed by atoms with E-state index in [2.05, 4.69) is 58.7 Å². The molecule has 3 heterocycles. The first-order valence-corrected chi connectivity index (χ1v) is 13.8. The summed E-state index contributed by atoms with van der Waals surface area (Å²) in [5.74, 6) is 1.96. The minimum Gasteiger partial charge on any atom is -0.496 e. The predicted molar refractivity (Wildman–Crippen MR) is 148 cm³/mol. The van der Waals surface area contributed by atoms with Gasteiger partial charge < -0.3 is 19.3 Å². The van der Waals surface area contributed by atoms with Gasteiger partial charge in [0.05, 0.1) is 7.11 Å². The van der Waals surface area contributed by atoms with Crippen molar-refractivity contribution < 1.29 is 14.6 Å². The summed E-state index contributed by atoms with van der Waals surface area (Å²) in [5.41, 5.74) is 3.41. The number of hydrogen-bond donors (Lipinski definition) is 1. The summed E-state index contributed by atoms with van der Waals surface area (Å²) in [4.78, 5) is 25.0. The van der Waals surface area contributed by atoms with Crippen molar-refractivity contribution in [2.24, 2.45) is 0 Å². The Morgan fingerprint density at radius 1 is 1.08 bits per heavy atom. The van der Waals surface area contributed by atoms with Crippen molar-refractivity contribution in [1.82, 2.24) is 19.4 Å². The number of piperidine rings is 1. The van der Waals surface area contributed by atoms with Gasteiger partial charge in [-0.05, 0) is 41.7 Å². The lowest BCUT2D eigenvalue weighted by Crippen LogP contribution is -2.39. The molecule has 3 aromatic rings. The molecule has 8 heteroatoms. The number of aliphatic hydroxyl groups excluding tert-OH is 1. The fourth-order valence-electron chi connectivity index (χ4n) is 4.99. The lowest BCUT2D eigenvalue weighted by molar-refractivity contribution is -0.132.